The predicted molar refractivity (Wildman–Crippen MR) is 125 cm³/mol. The second kappa shape index (κ2) is 8.97. The zero-order valence-electron chi connectivity index (χ0n) is 18.7. The second-order valence-electron chi connectivity index (χ2n) is 8.35. The first-order valence-corrected chi connectivity index (χ1v) is 12.2. The van der Waals surface area contributed by atoms with E-state index in [2.05, 4.69) is 44.5 Å². The van der Waals surface area contributed by atoms with Crippen LogP contribution in [0.3, 0.4) is 0 Å². The molecule has 0 fully saturated rings. The molecule has 0 saturated heterocycles. The molecule has 1 aliphatic rings. The molecule has 3 aromatic heterocycles. The highest BCUT2D eigenvalue weighted by Gasteiger charge is 2.19. The third-order valence-corrected chi connectivity index (χ3v) is 7.24. The SMILES string of the molecule is CCc1nc2cc3c(cc2o1)NCC(CCCSc1nnc(-c2ocnc2C)n1C)CC3. The third kappa shape index (κ3) is 4.13. The number of thioether (sulfide) groups is 1. The number of nitrogens with one attached hydrogen (secondary N) is 1. The molecule has 32 heavy (non-hydrogen) atoms. The van der Waals surface area contributed by atoms with Gasteiger partial charge in [0.15, 0.2) is 28.8 Å². The van der Waals surface area contributed by atoms with Crippen molar-refractivity contribution >= 4 is 28.5 Å². The molecule has 4 heterocycles. The number of nitrogens with zero attached hydrogens (tertiary/aromatic N) is 5. The van der Waals surface area contributed by atoms with Crippen molar-refractivity contribution in [3.63, 3.8) is 0 Å². The molecule has 8 nitrogen and oxygen atoms in total. The Labute approximate surface area is 191 Å². The Morgan fingerprint density at radius 1 is 1.28 bits per heavy atom. The van der Waals surface area contributed by atoms with Gasteiger partial charge in [0.05, 0.1) is 5.69 Å². The van der Waals surface area contributed by atoms with E-state index in [-0.39, 0.29) is 0 Å². The Kier molecular flexibility index (Phi) is 5.91. The van der Waals surface area contributed by atoms with Crippen molar-refractivity contribution in [1.82, 2.24) is 24.7 Å². The van der Waals surface area contributed by atoms with Gasteiger partial charge in [-0.15, -0.1) is 10.2 Å². The maximum atomic E-state index is 5.84. The maximum absolute atomic E-state index is 5.84. The zero-order chi connectivity index (χ0) is 22.1. The zero-order valence-corrected chi connectivity index (χ0v) is 19.5. The molecule has 1 atom stereocenters. The summed E-state index contributed by atoms with van der Waals surface area (Å²) >= 11 is 1.74. The lowest BCUT2D eigenvalue weighted by Gasteiger charge is -2.14. The van der Waals surface area contributed by atoms with Crippen LogP contribution in [0.5, 0.6) is 0 Å². The van der Waals surface area contributed by atoms with E-state index >= 15 is 0 Å². The molecule has 1 aliphatic heterocycles. The van der Waals surface area contributed by atoms with Gasteiger partial charge in [-0.3, -0.25) is 0 Å². The second-order valence-corrected chi connectivity index (χ2v) is 9.41. The quantitative estimate of drug-likeness (QED) is 0.308. The van der Waals surface area contributed by atoms with Gasteiger partial charge < -0.3 is 18.7 Å². The van der Waals surface area contributed by atoms with E-state index in [1.54, 1.807) is 11.8 Å². The van der Waals surface area contributed by atoms with Crippen LogP contribution >= 0.6 is 11.8 Å². The summed E-state index contributed by atoms with van der Waals surface area (Å²) in [4.78, 5) is 8.73. The fraction of sp³-hybridized carbons (Fsp3) is 0.478. The largest absolute Gasteiger partial charge is 0.441 e. The van der Waals surface area contributed by atoms with Crippen LogP contribution in [0.1, 0.15) is 43.3 Å². The molecule has 0 saturated carbocycles. The van der Waals surface area contributed by atoms with Crippen LogP contribution in [0.4, 0.5) is 5.69 Å². The van der Waals surface area contributed by atoms with Gasteiger partial charge in [-0.05, 0) is 50.2 Å². The first-order valence-electron chi connectivity index (χ1n) is 11.2. The van der Waals surface area contributed by atoms with Crippen molar-refractivity contribution in [1.29, 1.82) is 0 Å². The lowest BCUT2D eigenvalue weighted by Crippen LogP contribution is -2.12. The highest BCUT2D eigenvalue weighted by Crippen LogP contribution is 2.31. The highest BCUT2D eigenvalue weighted by molar-refractivity contribution is 7.99. The summed E-state index contributed by atoms with van der Waals surface area (Å²) in [6, 6.07) is 4.32. The van der Waals surface area contributed by atoms with Gasteiger partial charge in [-0.1, -0.05) is 18.7 Å². The Morgan fingerprint density at radius 3 is 3.00 bits per heavy atom. The smallest absolute Gasteiger partial charge is 0.202 e. The summed E-state index contributed by atoms with van der Waals surface area (Å²) < 4.78 is 13.3. The van der Waals surface area contributed by atoms with Gasteiger partial charge in [0.25, 0.3) is 0 Å². The molecule has 0 amide bonds. The number of anilines is 1. The fourth-order valence-electron chi connectivity index (χ4n) is 4.24. The Balaban J connectivity index is 1.14. The minimum Gasteiger partial charge on any atom is -0.441 e. The molecular formula is C23H28N6O2S. The van der Waals surface area contributed by atoms with Crippen LogP contribution in [0.15, 0.2) is 32.5 Å². The van der Waals surface area contributed by atoms with Crippen LogP contribution in [0.25, 0.3) is 22.7 Å². The number of benzene rings is 1. The maximum Gasteiger partial charge on any atom is 0.202 e. The number of hydrogen-bond donors (Lipinski definition) is 1. The van der Waals surface area contributed by atoms with Gasteiger partial charge in [-0.25, -0.2) is 9.97 Å². The average Bonchev–Trinajstić information content (AvgIpc) is 3.46. The van der Waals surface area contributed by atoms with E-state index in [0.717, 1.165) is 65.2 Å². The van der Waals surface area contributed by atoms with Gasteiger partial charge in [0, 0.05) is 37.5 Å². The topological polar surface area (TPSA) is 94.8 Å². The van der Waals surface area contributed by atoms with Gasteiger partial charge in [-0.2, -0.15) is 0 Å². The molecule has 1 N–H and O–H groups in total. The number of aryl methyl sites for hydroxylation is 3. The normalized spacial score (nSPS) is 16.2. The molecule has 9 heteroatoms. The molecule has 5 rings (SSSR count). The molecule has 0 bridgehead atoms. The Bertz CT molecular complexity index is 1180. The minimum atomic E-state index is 0.653. The summed E-state index contributed by atoms with van der Waals surface area (Å²) in [6.45, 7) is 4.98. The van der Waals surface area contributed by atoms with Crippen molar-refractivity contribution in [3.8, 4) is 11.6 Å². The van der Waals surface area contributed by atoms with Gasteiger partial charge >= 0.3 is 0 Å². The van der Waals surface area contributed by atoms with Crippen LogP contribution in [0.2, 0.25) is 0 Å². The van der Waals surface area contributed by atoms with E-state index in [0.29, 0.717) is 11.7 Å². The van der Waals surface area contributed by atoms with Crippen LogP contribution in [-0.2, 0) is 19.9 Å². The number of hydrogen-bond acceptors (Lipinski definition) is 8. The summed E-state index contributed by atoms with van der Waals surface area (Å²) in [6.07, 6.45) is 6.86. The Morgan fingerprint density at radius 2 is 2.19 bits per heavy atom. The van der Waals surface area contributed by atoms with Crippen LogP contribution in [0, 0.1) is 12.8 Å². The summed E-state index contributed by atoms with van der Waals surface area (Å²) in [5, 5.41) is 13.2. The lowest BCUT2D eigenvalue weighted by atomic mass is 9.97. The third-order valence-electron chi connectivity index (χ3n) is 6.13. The van der Waals surface area contributed by atoms with E-state index in [1.165, 1.54) is 30.5 Å². The van der Waals surface area contributed by atoms with E-state index in [9.17, 15) is 0 Å². The predicted octanol–water partition coefficient (Wildman–Crippen LogP) is 5.03. The highest BCUT2D eigenvalue weighted by atomic mass is 32.2. The molecule has 0 radical (unpaired) electrons. The summed E-state index contributed by atoms with van der Waals surface area (Å²) in [5.41, 5.74) is 5.22. The van der Waals surface area contributed by atoms with Crippen LogP contribution in [-0.4, -0.2) is 37.0 Å². The molecule has 0 spiro atoms. The molecule has 0 aliphatic carbocycles. The average molecular weight is 453 g/mol. The molecular weight excluding hydrogens is 424 g/mol. The van der Waals surface area contributed by atoms with Crippen LogP contribution < -0.4 is 5.32 Å². The first-order chi connectivity index (χ1) is 15.6. The van der Waals surface area contributed by atoms with Crippen molar-refractivity contribution in [3.05, 3.63) is 35.7 Å². The fourth-order valence-corrected chi connectivity index (χ4v) is 5.11. The number of oxazole rings is 2. The van der Waals surface area contributed by atoms with E-state index in [4.69, 9.17) is 8.83 Å². The summed E-state index contributed by atoms with van der Waals surface area (Å²) in [7, 11) is 1.97. The van der Waals surface area contributed by atoms with Crippen molar-refractivity contribution in [2.75, 3.05) is 17.6 Å². The van der Waals surface area contributed by atoms with Crippen molar-refractivity contribution in [2.24, 2.45) is 13.0 Å². The minimum absolute atomic E-state index is 0.653. The monoisotopic (exact) mass is 452 g/mol. The number of aromatic nitrogens is 5. The summed E-state index contributed by atoms with van der Waals surface area (Å²) in [5.74, 6) is 3.88. The van der Waals surface area contributed by atoms with Gasteiger partial charge in [0.2, 0.25) is 5.82 Å². The van der Waals surface area contributed by atoms with Crippen molar-refractivity contribution < 1.29 is 8.83 Å². The standard InChI is InChI=1S/C23H28N6O2S/c1-4-20-26-18-10-16-8-7-15(12-24-17(16)11-19(18)31-20)6-5-9-32-23-28-27-22(29(23)3)21-14(2)25-13-30-21/h10-11,13,15,24H,4-9,12H2,1-3H3. The Hall–Kier alpha value is -2.81. The molecule has 1 unspecified atom stereocenters. The number of rotatable bonds is 7. The molecule has 168 valence electrons. The van der Waals surface area contributed by atoms with Crippen molar-refractivity contribution in [2.45, 2.75) is 51.1 Å². The first kappa shape index (κ1) is 21.1. The van der Waals surface area contributed by atoms with E-state index in [1.807, 2.05) is 18.5 Å². The lowest BCUT2D eigenvalue weighted by molar-refractivity contribution is 0.476. The molecule has 1 aromatic carbocycles. The van der Waals surface area contributed by atoms with E-state index < -0.39 is 0 Å². The molecule has 4 aromatic rings. The number of fused-ring (bicyclic) bond motifs is 2. The van der Waals surface area contributed by atoms with Gasteiger partial charge in [0.1, 0.15) is 5.52 Å².